The van der Waals surface area contributed by atoms with Gasteiger partial charge < -0.3 is 20.7 Å². The molecule has 14 heavy (non-hydrogen) atoms. The molecule has 1 aromatic rings. The van der Waals surface area contributed by atoms with Gasteiger partial charge in [0.15, 0.2) is 11.5 Å². The Morgan fingerprint density at radius 3 is 2.79 bits per heavy atom. The van der Waals surface area contributed by atoms with E-state index in [9.17, 15) is 10.2 Å². The Balaban J connectivity index is 2.93. The van der Waals surface area contributed by atoms with Crippen molar-refractivity contribution in [3.8, 4) is 11.5 Å². The zero-order chi connectivity index (χ0) is 10.6. The molecule has 4 nitrogen and oxygen atoms in total. The van der Waals surface area contributed by atoms with Crippen LogP contribution in [0.2, 0.25) is 0 Å². The summed E-state index contributed by atoms with van der Waals surface area (Å²) in [5, 5.41) is 18.8. The van der Waals surface area contributed by atoms with E-state index in [2.05, 4.69) is 0 Å². The predicted octanol–water partition coefficient (Wildman–Crippen LogP) is 0.783. The summed E-state index contributed by atoms with van der Waals surface area (Å²) >= 11 is 0. The Bertz CT molecular complexity index is 301. The van der Waals surface area contributed by atoms with Crippen LogP contribution < -0.4 is 10.5 Å². The molecular formula is C10H15NO3. The molecule has 1 atom stereocenters. The second-order valence-electron chi connectivity index (χ2n) is 2.91. The molecule has 0 radical (unpaired) electrons. The fourth-order valence-electron chi connectivity index (χ4n) is 1.15. The molecule has 78 valence electrons. The van der Waals surface area contributed by atoms with Crippen molar-refractivity contribution in [2.75, 3.05) is 13.2 Å². The Labute approximate surface area is 82.9 Å². The molecular weight excluding hydrogens is 182 g/mol. The molecule has 0 bridgehead atoms. The van der Waals surface area contributed by atoms with Crippen LogP contribution in [0.5, 0.6) is 11.5 Å². The van der Waals surface area contributed by atoms with Crippen LogP contribution in [0.1, 0.15) is 18.6 Å². The van der Waals surface area contributed by atoms with E-state index >= 15 is 0 Å². The maximum atomic E-state index is 9.45. The van der Waals surface area contributed by atoms with Crippen molar-refractivity contribution < 1.29 is 14.9 Å². The molecule has 0 fully saturated rings. The summed E-state index contributed by atoms with van der Waals surface area (Å²) in [5.41, 5.74) is 5.96. The second-order valence-corrected chi connectivity index (χ2v) is 2.91. The van der Waals surface area contributed by atoms with Gasteiger partial charge in [-0.3, -0.25) is 0 Å². The third-order valence-electron chi connectivity index (χ3n) is 1.89. The smallest absolute Gasteiger partial charge is 0.161 e. The SMILES string of the molecule is CCOc1cc(C(O)CN)ccc1O. The number of benzene rings is 1. The summed E-state index contributed by atoms with van der Waals surface area (Å²) in [6.45, 7) is 2.44. The van der Waals surface area contributed by atoms with Gasteiger partial charge in [0.2, 0.25) is 0 Å². The van der Waals surface area contributed by atoms with Gasteiger partial charge >= 0.3 is 0 Å². The second kappa shape index (κ2) is 4.83. The number of aromatic hydroxyl groups is 1. The normalized spacial score (nSPS) is 12.5. The van der Waals surface area contributed by atoms with E-state index in [1.54, 1.807) is 12.1 Å². The highest BCUT2D eigenvalue weighted by atomic mass is 16.5. The van der Waals surface area contributed by atoms with Crippen molar-refractivity contribution >= 4 is 0 Å². The lowest BCUT2D eigenvalue weighted by atomic mass is 10.1. The van der Waals surface area contributed by atoms with Crippen molar-refractivity contribution in [3.05, 3.63) is 23.8 Å². The van der Waals surface area contributed by atoms with E-state index in [-0.39, 0.29) is 12.3 Å². The number of phenolic OH excluding ortho intramolecular Hbond substituents is 1. The standard InChI is InChI=1S/C10H15NO3/c1-2-14-10-5-7(9(13)6-11)3-4-8(10)12/h3-5,9,12-13H,2,6,11H2,1H3. The number of aliphatic hydroxyl groups excluding tert-OH is 1. The highest BCUT2D eigenvalue weighted by Crippen LogP contribution is 2.28. The van der Waals surface area contributed by atoms with Gasteiger partial charge in [-0.2, -0.15) is 0 Å². The molecule has 0 spiro atoms. The molecule has 0 heterocycles. The predicted molar refractivity (Wildman–Crippen MR) is 53.3 cm³/mol. The summed E-state index contributed by atoms with van der Waals surface area (Å²) in [7, 11) is 0. The van der Waals surface area contributed by atoms with Crippen molar-refractivity contribution in [1.29, 1.82) is 0 Å². The molecule has 0 aliphatic carbocycles. The third kappa shape index (κ3) is 2.37. The van der Waals surface area contributed by atoms with Gasteiger partial charge in [0.1, 0.15) is 0 Å². The van der Waals surface area contributed by atoms with Gasteiger partial charge in [-0.15, -0.1) is 0 Å². The largest absolute Gasteiger partial charge is 0.504 e. The van der Waals surface area contributed by atoms with Gasteiger partial charge in [-0.25, -0.2) is 0 Å². The molecule has 0 saturated heterocycles. The average molecular weight is 197 g/mol. The maximum Gasteiger partial charge on any atom is 0.161 e. The molecule has 0 aliphatic rings. The first-order valence-electron chi connectivity index (χ1n) is 4.52. The first-order valence-corrected chi connectivity index (χ1v) is 4.52. The first kappa shape index (κ1) is 10.8. The Morgan fingerprint density at radius 1 is 1.50 bits per heavy atom. The van der Waals surface area contributed by atoms with Gasteiger partial charge in [0.05, 0.1) is 12.7 Å². The van der Waals surface area contributed by atoms with Crippen LogP contribution in [-0.2, 0) is 0 Å². The quantitative estimate of drug-likeness (QED) is 0.666. The number of hydrogen-bond donors (Lipinski definition) is 3. The molecule has 0 aromatic heterocycles. The summed E-state index contributed by atoms with van der Waals surface area (Å²) in [5.74, 6) is 0.442. The van der Waals surface area contributed by atoms with Gasteiger partial charge in [0, 0.05) is 6.54 Å². The van der Waals surface area contributed by atoms with Crippen LogP contribution >= 0.6 is 0 Å². The summed E-state index contributed by atoms with van der Waals surface area (Å²) in [4.78, 5) is 0. The zero-order valence-corrected chi connectivity index (χ0v) is 8.10. The van der Waals surface area contributed by atoms with Crippen LogP contribution in [0.25, 0.3) is 0 Å². The molecule has 4 heteroatoms. The Kier molecular flexibility index (Phi) is 3.73. The molecule has 1 unspecified atom stereocenters. The van der Waals surface area contributed by atoms with Gasteiger partial charge in [-0.05, 0) is 24.6 Å². The molecule has 1 aromatic carbocycles. The molecule has 4 N–H and O–H groups in total. The summed E-state index contributed by atoms with van der Waals surface area (Å²) in [6.07, 6.45) is -0.713. The lowest BCUT2D eigenvalue weighted by Gasteiger charge is -2.11. The molecule has 0 saturated carbocycles. The van der Waals surface area contributed by atoms with Crippen molar-refractivity contribution in [3.63, 3.8) is 0 Å². The number of rotatable bonds is 4. The fourth-order valence-corrected chi connectivity index (χ4v) is 1.15. The monoisotopic (exact) mass is 197 g/mol. The van der Waals surface area contributed by atoms with Crippen LogP contribution in [0.3, 0.4) is 0 Å². The highest BCUT2D eigenvalue weighted by molar-refractivity contribution is 5.42. The van der Waals surface area contributed by atoms with E-state index in [0.717, 1.165) is 0 Å². The van der Waals surface area contributed by atoms with E-state index in [0.29, 0.717) is 17.9 Å². The number of phenols is 1. The van der Waals surface area contributed by atoms with Gasteiger partial charge in [0.25, 0.3) is 0 Å². The highest BCUT2D eigenvalue weighted by Gasteiger charge is 2.09. The summed E-state index contributed by atoms with van der Waals surface area (Å²) in [6, 6.07) is 4.70. The van der Waals surface area contributed by atoms with E-state index in [1.165, 1.54) is 6.07 Å². The minimum absolute atomic E-state index is 0.0693. The minimum atomic E-state index is -0.713. The fraction of sp³-hybridized carbons (Fsp3) is 0.400. The van der Waals surface area contributed by atoms with Crippen LogP contribution in [-0.4, -0.2) is 23.4 Å². The molecule has 0 aliphatic heterocycles. The van der Waals surface area contributed by atoms with E-state index in [4.69, 9.17) is 10.5 Å². The third-order valence-corrected chi connectivity index (χ3v) is 1.89. The number of ether oxygens (including phenoxy) is 1. The Morgan fingerprint density at radius 2 is 2.21 bits per heavy atom. The van der Waals surface area contributed by atoms with Crippen LogP contribution in [0, 0.1) is 0 Å². The molecule has 1 rings (SSSR count). The van der Waals surface area contributed by atoms with Crippen molar-refractivity contribution in [1.82, 2.24) is 0 Å². The lowest BCUT2D eigenvalue weighted by molar-refractivity contribution is 0.186. The van der Waals surface area contributed by atoms with Crippen molar-refractivity contribution in [2.24, 2.45) is 5.73 Å². The topological polar surface area (TPSA) is 75.7 Å². The maximum absolute atomic E-state index is 9.45. The molecule has 0 amide bonds. The minimum Gasteiger partial charge on any atom is -0.504 e. The Hall–Kier alpha value is -1.26. The summed E-state index contributed by atoms with van der Waals surface area (Å²) < 4.78 is 5.17. The number of aliphatic hydroxyl groups is 1. The van der Waals surface area contributed by atoms with Crippen LogP contribution in [0.4, 0.5) is 0 Å². The lowest BCUT2D eigenvalue weighted by Crippen LogP contribution is -2.11. The van der Waals surface area contributed by atoms with E-state index < -0.39 is 6.10 Å². The first-order chi connectivity index (χ1) is 6.69. The van der Waals surface area contributed by atoms with Crippen molar-refractivity contribution in [2.45, 2.75) is 13.0 Å². The van der Waals surface area contributed by atoms with Crippen LogP contribution in [0.15, 0.2) is 18.2 Å². The number of nitrogens with two attached hydrogens (primary N) is 1. The zero-order valence-electron chi connectivity index (χ0n) is 8.10. The van der Waals surface area contributed by atoms with E-state index in [1.807, 2.05) is 6.92 Å². The number of hydrogen-bond acceptors (Lipinski definition) is 4. The average Bonchev–Trinajstić information content (AvgIpc) is 2.20. The van der Waals surface area contributed by atoms with Gasteiger partial charge in [-0.1, -0.05) is 6.07 Å².